The van der Waals surface area contributed by atoms with Crippen LogP contribution in [-0.2, 0) is 7.05 Å². The Kier molecular flexibility index (Phi) is 3.81. The summed E-state index contributed by atoms with van der Waals surface area (Å²) in [5.74, 6) is 0. The zero-order chi connectivity index (χ0) is 17.4. The summed E-state index contributed by atoms with van der Waals surface area (Å²) >= 11 is 0. The maximum Gasteiger partial charge on any atom is 0.220 e. The molecule has 4 rings (SSSR count). The zero-order valence-electron chi connectivity index (χ0n) is 14.8. The minimum Gasteiger partial charge on any atom is -0.264 e. The molecule has 4 aromatic rings. The van der Waals surface area contributed by atoms with E-state index >= 15 is 0 Å². The molecule has 2 aromatic heterocycles. The second-order valence-electron chi connectivity index (χ2n) is 6.55. The van der Waals surface area contributed by atoms with Gasteiger partial charge in [0.05, 0.1) is 10.9 Å². The van der Waals surface area contributed by atoms with Crippen molar-refractivity contribution in [2.24, 2.45) is 7.05 Å². The Labute approximate surface area is 148 Å². The Morgan fingerprint density at radius 3 is 2.40 bits per heavy atom. The Balaban J connectivity index is 2.01. The molecule has 0 radical (unpaired) electrons. The number of hydrogen-bond acceptors (Lipinski definition) is 1. The first kappa shape index (κ1) is 15.5. The van der Waals surface area contributed by atoms with Crippen molar-refractivity contribution in [3.8, 4) is 22.4 Å². The van der Waals surface area contributed by atoms with E-state index in [1.165, 1.54) is 44.4 Å². The Morgan fingerprint density at radius 2 is 1.64 bits per heavy atom. The fourth-order valence-corrected chi connectivity index (χ4v) is 3.45. The molecule has 0 spiro atoms. The normalized spacial score (nSPS) is 11.0. The lowest BCUT2D eigenvalue weighted by Gasteiger charge is -2.11. The fraction of sp³-hybridized carbons (Fsp3) is 0.130. The van der Waals surface area contributed by atoms with Gasteiger partial charge >= 0.3 is 0 Å². The van der Waals surface area contributed by atoms with Gasteiger partial charge in [-0.15, -0.1) is 0 Å². The maximum absolute atomic E-state index is 4.25. The highest BCUT2D eigenvalue weighted by Crippen LogP contribution is 2.31. The Morgan fingerprint density at radius 1 is 0.840 bits per heavy atom. The molecule has 25 heavy (non-hydrogen) atoms. The van der Waals surface area contributed by atoms with Crippen molar-refractivity contribution in [3.63, 3.8) is 0 Å². The van der Waals surface area contributed by atoms with E-state index in [4.69, 9.17) is 0 Å². The van der Waals surface area contributed by atoms with Crippen LogP contribution in [0.15, 0.2) is 73.1 Å². The van der Waals surface area contributed by atoms with Crippen LogP contribution in [0.5, 0.6) is 0 Å². The second kappa shape index (κ2) is 6.14. The number of hydrogen-bond donors (Lipinski definition) is 0. The van der Waals surface area contributed by atoms with Gasteiger partial charge in [0.2, 0.25) is 5.69 Å². The molecule has 2 aromatic carbocycles. The minimum absolute atomic E-state index is 1.19. The van der Waals surface area contributed by atoms with Crippen LogP contribution in [0.4, 0.5) is 0 Å². The third-order valence-corrected chi connectivity index (χ3v) is 4.92. The number of nitrogens with zero attached hydrogens (tertiary/aromatic N) is 2. The molecule has 0 aliphatic heterocycles. The third-order valence-electron chi connectivity index (χ3n) is 4.92. The number of aryl methyl sites for hydroxylation is 2. The molecule has 0 amide bonds. The number of benzene rings is 2. The maximum atomic E-state index is 4.25. The van der Waals surface area contributed by atoms with Crippen LogP contribution in [0.2, 0.25) is 0 Å². The standard InChI is InChI=1S/C23H21N2/c1-16-15-24-12-11-21(16)23-22-10-9-19(18-7-5-4-6-8-18)14-20(22)13-17(2)25(23)3/h4-15H,1-3H3/q+1. The SMILES string of the molecule is Cc1cnccc1-c1c2ccc(-c3ccccc3)cc2cc(C)[n+]1C. The summed E-state index contributed by atoms with van der Waals surface area (Å²) in [4.78, 5) is 4.25. The zero-order valence-corrected chi connectivity index (χ0v) is 14.8. The molecule has 2 heteroatoms. The molecule has 122 valence electrons. The molecule has 0 saturated carbocycles. The number of rotatable bonds is 2. The minimum atomic E-state index is 1.19. The molecule has 0 fully saturated rings. The third kappa shape index (κ3) is 2.70. The van der Waals surface area contributed by atoms with Gasteiger partial charge in [-0.05, 0) is 47.2 Å². The van der Waals surface area contributed by atoms with Gasteiger partial charge in [0.1, 0.15) is 7.05 Å². The highest BCUT2D eigenvalue weighted by Gasteiger charge is 2.19. The van der Waals surface area contributed by atoms with Crippen LogP contribution in [0.3, 0.4) is 0 Å². The molecule has 0 unspecified atom stereocenters. The summed E-state index contributed by atoms with van der Waals surface area (Å²) < 4.78 is 2.27. The van der Waals surface area contributed by atoms with Crippen molar-refractivity contribution in [2.75, 3.05) is 0 Å². The van der Waals surface area contributed by atoms with Gasteiger partial charge < -0.3 is 0 Å². The summed E-state index contributed by atoms with van der Waals surface area (Å²) in [6, 6.07) is 21.7. The van der Waals surface area contributed by atoms with Crippen molar-refractivity contribution >= 4 is 10.8 Å². The van der Waals surface area contributed by atoms with Gasteiger partial charge in [-0.2, -0.15) is 4.57 Å². The van der Waals surface area contributed by atoms with Crippen molar-refractivity contribution < 1.29 is 4.57 Å². The summed E-state index contributed by atoms with van der Waals surface area (Å²) in [5, 5.41) is 2.53. The topological polar surface area (TPSA) is 16.8 Å². The van der Waals surface area contributed by atoms with E-state index in [1.54, 1.807) is 0 Å². The molecule has 0 saturated heterocycles. The lowest BCUT2D eigenvalue weighted by atomic mass is 9.96. The van der Waals surface area contributed by atoms with Crippen LogP contribution < -0.4 is 4.57 Å². The lowest BCUT2D eigenvalue weighted by Crippen LogP contribution is -2.35. The van der Waals surface area contributed by atoms with Crippen LogP contribution in [-0.4, -0.2) is 4.98 Å². The summed E-state index contributed by atoms with van der Waals surface area (Å²) in [7, 11) is 2.13. The average Bonchev–Trinajstić information content (AvgIpc) is 2.64. The van der Waals surface area contributed by atoms with Crippen LogP contribution in [0.25, 0.3) is 33.2 Å². The van der Waals surface area contributed by atoms with E-state index in [0.717, 1.165) is 0 Å². The first-order valence-corrected chi connectivity index (χ1v) is 8.55. The molecule has 0 N–H and O–H groups in total. The van der Waals surface area contributed by atoms with Gasteiger partial charge in [0, 0.05) is 25.4 Å². The fourth-order valence-electron chi connectivity index (χ4n) is 3.45. The smallest absolute Gasteiger partial charge is 0.220 e. The predicted octanol–water partition coefficient (Wildman–Crippen LogP) is 5.01. The van der Waals surface area contributed by atoms with Gasteiger partial charge in [-0.25, -0.2) is 0 Å². The number of fused-ring (bicyclic) bond motifs is 1. The van der Waals surface area contributed by atoms with E-state index in [1.807, 2.05) is 12.4 Å². The Hall–Kier alpha value is -3.00. The van der Waals surface area contributed by atoms with Gasteiger partial charge in [-0.3, -0.25) is 4.98 Å². The van der Waals surface area contributed by atoms with E-state index in [0.29, 0.717) is 0 Å². The number of aromatic nitrogens is 2. The molecule has 2 nitrogen and oxygen atoms in total. The molecule has 0 aliphatic rings. The molecule has 0 atom stereocenters. The van der Waals surface area contributed by atoms with Crippen LogP contribution in [0, 0.1) is 13.8 Å². The molecular formula is C23H21N2+. The van der Waals surface area contributed by atoms with E-state index in [9.17, 15) is 0 Å². The van der Waals surface area contributed by atoms with Crippen molar-refractivity contribution in [2.45, 2.75) is 13.8 Å². The predicted molar refractivity (Wildman–Crippen MR) is 103 cm³/mol. The monoisotopic (exact) mass is 325 g/mol. The highest BCUT2D eigenvalue weighted by atomic mass is 14.9. The van der Waals surface area contributed by atoms with Gasteiger partial charge in [0.15, 0.2) is 5.69 Å². The highest BCUT2D eigenvalue weighted by molar-refractivity contribution is 5.96. The summed E-state index contributed by atoms with van der Waals surface area (Å²) in [6.07, 6.45) is 3.80. The second-order valence-corrected chi connectivity index (χ2v) is 6.55. The molecule has 0 bridgehead atoms. The van der Waals surface area contributed by atoms with Crippen molar-refractivity contribution in [3.05, 3.63) is 84.3 Å². The van der Waals surface area contributed by atoms with E-state index < -0.39 is 0 Å². The summed E-state index contributed by atoms with van der Waals surface area (Å²) in [5.41, 5.74) is 7.41. The summed E-state index contributed by atoms with van der Waals surface area (Å²) in [6.45, 7) is 4.28. The van der Waals surface area contributed by atoms with Gasteiger partial charge in [0.25, 0.3) is 0 Å². The molecule has 2 heterocycles. The average molecular weight is 325 g/mol. The van der Waals surface area contributed by atoms with Gasteiger partial charge in [-0.1, -0.05) is 36.4 Å². The largest absolute Gasteiger partial charge is 0.264 e. The quantitative estimate of drug-likeness (QED) is 0.473. The van der Waals surface area contributed by atoms with Crippen LogP contribution >= 0.6 is 0 Å². The molecule has 0 aliphatic carbocycles. The molecular weight excluding hydrogens is 304 g/mol. The van der Waals surface area contributed by atoms with Crippen molar-refractivity contribution in [1.29, 1.82) is 0 Å². The lowest BCUT2D eigenvalue weighted by molar-refractivity contribution is -0.665. The van der Waals surface area contributed by atoms with E-state index in [-0.39, 0.29) is 0 Å². The van der Waals surface area contributed by atoms with Crippen molar-refractivity contribution in [1.82, 2.24) is 4.98 Å². The first-order valence-electron chi connectivity index (χ1n) is 8.55. The number of pyridine rings is 2. The van der Waals surface area contributed by atoms with Crippen LogP contribution in [0.1, 0.15) is 11.3 Å². The first-order chi connectivity index (χ1) is 12.1. The Bertz CT molecular complexity index is 1070. The van der Waals surface area contributed by atoms with E-state index in [2.05, 4.69) is 91.1 Å².